The molecule has 1 amide bonds. The zero-order chi connectivity index (χ0) is 12.4. The number of nitrogens with one attached hydrogen (secondary N) is 1. The molecule has 1 aromatic carbocycles. The van der Waals surface area contributed by atoms with Crippen molar-refractivity contribution in [1.29, 1.82) is 0 Å². The van der Waals surface area contributed by atoms with Crippen LogP contribution in [0.4, 0.5) is 15.8 Å². The zero-order valence-electron chi connectivity index (χ0n) is 9.03. The normalized spacial score (nSPS) is 10.2. The predicted molar refractivity (Wildman–Crippen MR) is 60.0 cm³/mol. The molecule has 2 rings (SSSR count). The number of carbonyl (C=O) groups excluding carboxylic acids is 1. The van der Waals surface area contributed by atoms with Crippen molar-refractivity contribution in [2.45, 2.75) is 6.92 Å². The summed E-state index contributed by atoms with van der Waals surface area (Å²) < 4.78 is 17.9. The lowest BCUT2D eigenvalue weighted by molar-refractivity contribution is 0.102. The Labute approximate surface area is 96.4 Å². The van der Waals surface area contributed by atoms with Gasteiger partial charge >= 0.3 is 0 Å². The highest BCUT2D eigenvalue weighted by atomic mass is 19.1. The number of nitrogens with zero attached hydrogens (tertiary/aromatic N) is 1. The van der Waals surface area contributed by atoms with E-state index in [9.17, 15) is 9.18 Å². The average Bonchev–Trinajstić information content (AvgIpc) is 2.70. The van der Waals surface area contributed by atoms with Gasteiger partial charge in [-0.3, -0.25) is 4.79 Å². The molecule has 0 unspecified atom stereocenters. The smallest absolute Gasteiger partial charge is 0.260 e. The Balaban J connectivity index is 2.19. The molecule has 88 valence electrons. The summed E-state index contributed by atoms with van der Waals surface area (Å²) in [6, 6.07) is 4.04. The molecule has 17 heavy (non-hydrogen) atoms. The lowest BCUT2D eigenvalue weighted by Crippen LogP contribution is -2.12. The summed E-state index contributed by atoms with van der Waals surface area (Å²) >= 11 is 0. The zero-order valence-corrected chi connectivity index (χ0v) is 9.03. The van der Waals surface area contributed by atoms with Gasteiger partial charge in [-0.25, -0.2) is 4.39 Å². The number of benzene rings is 1. The van der Waals surface area contributed by atoms with E-state index in [-0.39, 0.29) is 5.69 Å². The van der Waals surface area contributed by atoms with Gasteiger partial charge in [0.05, 0.1) is 11.9 Å². The minimum absolute atomic E-state index is 0.0316. The molecule has 0 aliphatic heterocycles. The fraction of sp³-hybridized carbons (Fsp3) is 0.0909. The lowest BCUT2D eigenvalue weighted by atomic mass is 10.2. The second-order valence-electron chi connectivity index (χ2n) is 3.49. The van der Waals surface area contributed by atoms with Crippen molar-refractivity contribution in [3.05, 3.63) is 41.5 Å². The van der Waals surface area contributed by atoms with Gasteiger partial charge < -0.3 is 15.6 Å². The number of halogens is 1. The molecule has 0 bridgehead atoms. The first kappa shape index (κ1) is 11.1. The standard InChI is InChI=1S/C11H10FN3O2/c1-6-8(5-14-17-6)11(16)15-7-2-3-10(13)9(12)4-7/h2-5H,13H2,1H3,(H,15,16). The highest BCUT2D eigenvalue weighted by Gasteiger charge is 2.13. The number of anilines is 2. The Kier molecular flexibility index (Phi) is 2.78. The largest absolute Gasteiger partial charge is 0.396 e. The van der Waals surface area contributed by atoms with E-state index in [4.69, 9.17) is 10.3 Å². The molecule has 2 aromatic rings. The number of amides is 1. The van der Waals surface area contributed by atoms with E-state index in [0.717, 1.165) is 6.07 Å². The van der Waals surface area contributed by atoms with E-state index in [0.29, 0.717) is 17.0 Å². The van der Waals surface area contributed by atoms with Crippen molar-refractivity contribution in [2.24, 2.45) is 0 Å². The molecular formula is C11H10FN3O2. The van der Waals surface area contributed by atoms with Crippen LogP contribution in [0.1, 0.15) is 16.1 Å². The van der Waals surface area contributed by atoms with Crippen molar-refractivity contribution in [2.75, 3.05) is 11.1 Å². The summed E-state index contributed by atoms with van der Waals surface area (Å²) in [5.74, 6) is -0.587. The van der Waals surface area contributed by atoms with Gasteiger partial charge in [0.1, 0.15) is 17.1 Å². The summed E-state index contributed by atoms with van der Waals surface area (Å²) in [7, 11) is 0. The maximum atomic E-state index is 13.1. The minimum Gasteiger partial charge on any atom is -0.396 e. The quantitative estimate of drug-likeness (QED) is 0.779. The number of hydrogen-bond donors (Lipinski definition) is 2. The fourth-order valence-corrected chi connectivity index (χ4v) is 1.32. The van der Waals surface area contributed by atoms with Crippen LogP contribution in [0.3, 0.4) is 0 Å². The first-order valence-electron chi connectivity index (χ1n) is 4.85. The lowest BCUT2D eigenvalue weighted by Gasteiger charge is -2.04. The summed E-state index contributed by atoms with van der Waals surface area (Å²) in [5, 5.41) is 6.00. The van der Waals surface area contributed by atoms with Gasteiger partial charge in [-0.2, -0.15) is 0 Å². The first-order chi connectivity index (χ1) is 8.08. The summed E-state index contributed by atoms with van der Waals surface area (Å²) in [5.41, 5.74) is 5.99. The maximum Gasteiger partial charge on any atom is 0.260 e. The Morgan fingerprint density at radius 1 is 1.53 bits per heavy atom. The topological polar surface area (TPSA) is 81.2 Å². The van der Waals surface area contributed by atoms with Crippen LogP contribution in [0.15, 0.2) is 28.9 Å². The number of rotatable bonds is 2. The molecule has 1 aromatic heterocycles. The second-order valence-corrected chi connectivity index (χ2v) is 3.49. The van der Waals surface area contributed by atoms with E-state index in [2.05, 4.69) is 10.5 Å². The van der Waals surface area contributed by atoms with Gasteiger partial charge in [0.15, 0.2) is 0 Å². The van der Waals surface area contributed by atoms with Gasteiger partial charge in [0, 0.05) is 5.69 Å². The fourth-order valence-electron chi connectivity index (χ4n) is 1.32. The van der Waals surface area contributed by atoms with Gasteiger partial charge in [-0.15, -0.1) is 0 Å². The van der Waals surface area contributed by atoms with Crippen molar-refractivity contribution in [3.8, 4) is 0 Å². The van der Waals surface area contributed by atoms with Gasteiger partial charge in [-0.1, -0.05) is 5.16 Å². The van der Waals surface area contributed by atoms with Crippen LogP contribution in [0, 0.1) is 12.7 Å². The van der Waals surface area contributed by atoms with Crippen molar-refractivity contribution < 1.29 is 13.7 Å². The average molecular weight is 235 g/mol. The Bertz CT molecular complexity index is 566. The van der Waals surface area contributed by atoms with Crippen LogP contribution >= 0.6 is 0 Å². The predicted octanol–water partition coefficient (Wildman–Crippen LogP) is 1.96. The third kappa shape index (κ3) is 2.25. The van der Waals surface area contributed by atoms with Crippen molar-refractivity contribution >= 4 is 17.3 Å². The van der Waals surface area contributed by atoms with Crippen LogP contribution in [0.2, 0.25) is 0 Å². The molecule has 0 aliphatic rings. The van der Waals surface area contributed by atoms with E-state index in [1.165, 1.54) is 18.3 Å². The molecule has 0 radical (unpaired) electrons. The van der Waals surface area contributed by atoms with Gasteiger partial charge in [0.25, 0.3) is 5.91 Å². The van der Waals surface area contributed by atoms with Crippen molar-refractivity contribution in [1.82, 2.24) is 5.16 Å². The van der Waals surface area contributed by atoms with E-state index >= 15 is 0 Å². The van der Waals surface area contributed by atoms with Crippen molar-refractivity contribution in [3.63, 3.8) is 0 Å². The maximum absolute atomic E-state index is 13.1. The molecule has 0 spiro atoms. The van der Waals surface area contributed by atoms with Gasteiger partial charge in [0.2, 0.25) is 0 Å². The highest BCUT2D eigenvalue weighted by Crippen LogP contribution is 2.17. The molecule has 1 heterocycles. The number of aromatic nitrogens is 1. The molecule has 5 nitrogen and oxygen atoms in total. The van der Waals surface area contributed by atoms with Crippen LogP contribution < -0.4 is 11.1 Å². The molecule has 0 saturated heterocycles. The molecular weight excluding hydrogens is 225 g/mol. The number of aryl methyl sites for hydroxylation is 1. The molecule has 0 aliphatic carbocycles. The van der Waals surface area contributed by atoms with E-state index in [1.54, 1.807) is 6.92 Å². The number of nitrogen functional groups attached to an aromatic ring is 1. The SMILES string of the molecule is Cc1oncc1C(=O)Nc1ccc(N)c(F)c1. The molecule has 6 heteroatoms. The second kappa shape index (κ2) is 4.25. The third-order valence-corrected chi connectivity index (χ3v) is 2.25. The number of carbonyl (C=O) groups is 1. The summed E-state index contributed by atoms with van der Waals surface area (Å²) in [6.45, 7) is 1.62. The number of nitrogens with two attached hydrogens (primary N) is 1. The number of hydrogen-bond acceptors (Lipinski definition) is 4. The summed E-state index contributed by atoms with van der Waals surface area (Å²) in [4.78, 5) is 11.7. The Morgan fingerprint density at radius 2 is 2.29 bits per heavy atom. The van der Waals surface area contributed by atoms with Crippen LogP contribution in [-0.2, 0) is 0 Å². The molecule has 3 N–H and O–H groups in total. The Morgan fingerprint density at radius 3 is 2.88 bits per heavy atom. The molecule has 0 atom stereocenters. The molecule has 0 saturated carbocycles. The van der Waals surface area contributed by atoms with E-state index in [1.807, 2.05) is 0 Å². The first-order valence-corrected chi connectivity index (χ1v) is 4.85. The highest BCUT2D eigenvalue weighted by molar-refractivity contribution is 6.04. The van der Waals surface area contributed by atoms with Crippen LogP contribution in [0.25, 0.3) is 0 Å². The third-order valence-electron chi connectivity index (χ3n) is 2.25. The van der Waals surface area contributed by atoms with Crippen LogP contribution in [-0.4, -0.2) is 11.1 Å². The summed E-state index contributed by atoms with van der Waals surface area (Å²) in [6.07, 6.45) is 1.30. The molecule has 0 fully saturated rings. The minimum atomic E-state index is -0.579. The van der Waals surface area contributed by atoms with Crippen LogP contribution in [0.5, 0.6) is 0 Å². The van der Waals surface area contributed by atoms with Gasteiger partial charge in [-0.05, 0) is 25.1 Å². The van der Waals surface area contributed by atoms with E-state index < -0.39 is 11.7 Å². The Hall–Kier alpha value is -2.37. The monoisotopic (exact) mass is 235 g/mol.